The van der Waals surface area contributed by atoms with Crippen molar-refractivity contribution in [3.8, 4) is 0 Å². The van der Waals surface area contributed by atoms with Crippen molar-refractivity contribution in [1.82, 2.24) is 5.16 Å². The molecule has 6 heteroatoms. The number of hydrogen-bond acceptors (Lipinski definition) is 5. The van der Waals surface area contributed by atoms with Gasteiger partial charge in [-0.2, -0.15) is 0 Å². The second kappa shape index (κ2) is 5.37. The molecular formula is C17H19N3O3. The number of nitro benzene ring substituents is 1. The summed E-state index contributed by atoms with van der Waals surface area (Å²) in [6.07, 6.45) is 5.23. The van der Waals surface area contributed by atoms with Crippen LogP contribution in [0.15, 0.2) is 22.7 Å². The molecule has 4 rings (SSSR count). The van der Waals surface area contributed by atoms with Crippen LogP contribution < -0.4 is 4.90 Å². The van der Waals surface area contributed by atoms with Gasteiger partial charge in [0.15, 0.2) is 0 Å². The zero-order valence-corrected chi connectivity index (χ0v) is 13.1. The molecule has 0 radical (unpaired) electrons. The van der Waals surface area contributed by atoms with Crippen LogP contribution in [0, 0.1) is 10.1 Å². The lowest BCUT2D eigenvalue weighted by atomic mass is 9.96. The Balaban J connectivity index is 1.63. The van der Waals surface area contributed by atoms with E-state index in [1.54, 1.807) is 12.1 Å². The molecule has 23 heavy (non-hydrogen) atoms. The monoisotopic (exact) mass is 313 g/mol. The lowest BCUT2D eigenvalue weighted by Gasteiger charge is -2.24. The SMILES string of the molecule is CC1Cc2cc([N+](=O)[O-])ccc2N1Cc1noc2c1CCCC2. The molecule has 2 heterocycles. The van der Waals surface area contributed by atoms with E-state index < -0.39 is 0 Å². The van der Waals surface area contributed by atoms with Crippen LogP contribution in [0.1, 0.15) is 42.3 Å². The largest absolute Gasteiger partial charge is 0.362 e. The summed E-state index contributed by atoms with van der Waals surface area (Å²) in [6.45, 7) is 2.86. The zero-order chi connectivity index (χ0) is 16.0. The van der Waals surface area contributed by atoms with E-state index in [2.05, 4.69) is 17.0 Å². The summed E-state index contributed by atoms with van der Waals surface area (Å²) in [4.78, 5) is 12.9. The number of hydrogen-bond donors (Lipinski definition) is 0. The number of aromatic nitrogens is 1. The summed E-state index contributed by atoms with van der Waals surface area (Å²) in [6, 6.07) is 5.46. The maximum absolute atomic E-state index is 11.0. The van der Waals surface area contributed by atoms with Crippen molar-refractivity contribution >= 4 is 11.4 Å². The van der Waals surface area contributed by atoms with Crippen molar-refractivity contribution in [1.29, 1.82) is 0 Å². The Hall–Kier alpha value is -2.37. The van der Waals surface area contributed by atoms with Crippen LogP contribution in [0.5, 0.6) is 0 Å². The van der Waals surface area contributed by atoms with Crippen molar-refractivity contribution in [2.75, 3.05) is 4.90 Å². The van der Waals surface area contributed by atoms with E-state index in [1.807, 2.05) is 6.07 Å². The molecule has 0 bridgehead atoms. The lowest BCUT2D eigenvalue weighted by molar-refractivity contribution is -0.384. The summed E-state index contributed by atoms with van der Waals surface area (Å²) in [5.41, 5.74) is 4.59. The van der Waals surface area contributed by atoms with Gasteiger partial charge in [-0.15, -0.1) is 0 Å². The van der Waals surface area contributed by atoms with Gasteiger partial charge in [0.1, 0.15) is 11.5 Å². The number of nitro groups is 1. The number of benzene rings is 1. The van der Waals surface area contributed by atoms with Crippen molar-refractivity contribution in [2.24, 2.45) is 0 Å². The molecule has 1 aliphatic carbocycles. The maximum Gasteiger partial charge on any atom is 0.269 e. The third-order valence-corrected chi connectivity index (χ3v) is 4.98. The van der Waals surface area contributed by atoms with Gasteiger partial charge in [0, 0.05) is 35.8 Å². The van der Waals surface area contributed by atoms with E-state index in [1.165, 1.54) is 18.4 Å². The van der Waals surface area contributed by atoms with E-state index in [0.717, 1.165) is 42.0 Å². The van der Waals surface area contributed by atoms with E-state index >= 15 is 0 Å². The minimum Gasteiger partial charge on any atom is -0.362 e. The molecule has 1 unspecified atom stereocenters. The van der Waals surface area contributed by atoms with Gasteiger partial charge in [0.2, 0.25) is 0 Å². The molecule has 2 aliphatic rings. The molecule has 0 amide bonds. The first kappa shape index (κ1) is 14.2. The summed E-state index contributed by atoms with van der Waals surface area (Å²) in [5.74, 6) is 1.04. The van der Waals surface area contributed by atoms with E-state index in [9.17, 15) is 10.1 Å². The van der Waals surface area contributed by atoms with Gasteiger partial charge < -0.3 is 9.42 Å². The fraction of sp³-hybridized carbons (Fsp3) is 0.471. The second-order valence-corrected chi connectivity index (χ2v) is 6.49. The maximum atomic E-state index is 11.0. The van der Waals surface area contributed by atoms with Gasteiger partial charge in [0.25, 0.3) is 5.69 Å². The number of nitrogens with zero attached hydrogens (tertiary/aromatic N) is 3. The van der Waals surface area contributed by atoms with Crippen LogP contribution in [0.4, 0.5) is 11.4 Å². The molecule has 2 aromatic rings. The number of rotatable bonds is 3. The third-order valence-electron chi connectivity index (χ3n) is 4.98. The fourth-order valence-corrected chi connectivity index (χ4v) is 3.77. The predicted molar refractivity (Wildman–Crippen MR) is 85.6 cm³/mol. The molecule has 0 N–H and O–H groups in total. The zero-order valence-electron chi connectivity index (χ0n) is 13.1. The Morgan fingerprint density at radius 3 is 3.04 bits per heavy atom. The molecule has 1 aromatic carbocycles. The van der Waals surface area contributed by atoms with Gasteiger partial charge in [-0.3, -0.25) is 10.1 Å². The Kier molecular flexibility index (Phi) is 3.32. The first-order chi connectivity index (χ1) is 11.1. The molecule has 0 spiro atoms. The Bertz CT molecular complexity index is 768. The van der Waals surface area contributed by atoms with Crippen LogP contribution in [0.2, 0.25) is 0 Å². The minimum atomic E-state index is -0.332. The van der Waals surface area contributed by atoms with Crippen LogP contribution >= 0.6 is 0 Å². The Labute approximate surface area is 134 Å². The standard InChI is InChI=1S/C17H19N3O3/c1-11-8-12-9-13(20(21)22)6-7-16(12)19(11)10-15-14-4-2-3-5-17(14)23-18-15/h6-7,9,11H,2-5,8,10H2,1H3. The quantitative estimate of drug-likeness (QED) is 0.641. The van der Waals surface area contributed by atoms with Crippen molar-refractivity contribution < 1.29 is 9.45 Å². The molecule has 0 saturated heterocycles. The normalized spacial score (nSPS) is 19.5. The van der Waals surface area contributed by atoms with Crippen molar-refractivity contribution in [3.05, 3.63) is 50.9 Å². The molecule has 1 aromatic heterocycles. The van der Waals surface area contributed by atoms with Gasteiger partial charge in [-0.05, 0) is 44.2 Å². The highest BCUT2D eigenvalue weighted by Crippen LogP contribution is 2.36. The number of non-ortho nitro benzene ring substituents is 1. The molecule has 0 saturated carbocycles. The second-order valence-electron chi connectivity index (χ2n) is 6.49. The summed E-state index contributed by atoms with van der Waals surface area (Å²) >= 11 is 0. The Morgan fingerprint density at radius 2 is 2.22 bits per heavy atom. The van der Waals surface area contributed by atoms with Gasteiger partial charge in [0.05, 0.1) is 11.5 Å². The Morgan fingerprint density at radius 1 is 1.39 bits per heavy atom. The molecule has 6 nitrogen and oxygen atoms in total. The van der Waals surface area contributed by atoms with Gasteiger partial charge in [-0.1, -0.05) is 5.16 Å². The van der Waals surface area contributed by atoms with Crippen molar-refractivity contribution in [3.63, 3.8) is 0 Å². The summed E-state index contributed by atoms with van der Waals surface area (Å²) in [5, 5.41) is 15.2. The first-order valence-corrected chi connectivity index (χ1v) is 8.13. The number of fused-ring (bicyclic) bond motifs is 2. The van der Waals surface area contributed by atoms with Gasteiger partial charge >= 0.3 is 0 Å². The predicted octanol–water partition coefficient (Wildman–Crippen LogP) is 3.41. The van der Waals surface area contributed by atoms with E-state index in [-0.39, 0.29) is 10.6 Å². The lowest BCUT2D eigenvalue weighted by Crippen LogP contribution is -2.29. The topological polar surface area (TPSA) is 72.4 Å². The average molecular weight is 313 g/mol. The molecule has 120 valence electrons. The van der Waals surface area contributed by atoms with Gasteiger partial charge in [-0.25, -0.2) is 0 Å². The molecule has 1 atom stereocenters. The summed E-state index contributed by atoms with van der Waals surface area (Å²) < 4.78 is 5.51. The molecule has 1 aliphatic heterocycles. The third kappa shape index (κ3) is 2.38. The molecular weight excluding hydrogens is 294 g/mol. The highest BCUT2D eigenvalue weighted by atomic mass is 16.6. The number of anilines is 1. The fourth-order valence-electron chi connectivity index (χ4n) is 3.77. The van der Waals surface area contributed by atoms with E-state index in [0.29, 0.717) is 12.6 Å². The van der Waals surface area contributed by atoms with Crippen LogP contribution in [-0.2, 0) is 25.8 Å². The highest BCUT2D eigenvalue weighted by Gasteiger charge is 2.30. The highest BCUT2D eigenvalue weighted by molar-refractivity contribution is 5.62. The van der Waals surface area contributed by atoms with Crippen LogP contribution in [0.3, 0.4) is 0 Å². The smallest absolute Gasteiger partial charge is 0.269 e. The summed E-state index contributed by atoms with van der Waals surface area (Å²) in [7, 11) is 0. The first-order valence-electron chi connectivity index (χ1n) is 8.13. The average Bonchev–Trinajstić information content (AvgIpc) is 3.09. The van der Waals surface area contributed by atoms with Crippen LogP contribution in [0.25, 0.3) is 0 Å². The number of aryl methyl sites for hydroxylation is 1. The minimum absolute atomic E-state index is 0.164. The van der Waals surface area contributed by atoms with Crippen molar-refractivity contribution in [2.45, 2.75) is 51.6 Å². The van der Waals surface area contributed by atoms with E-state index in [4.69, 9.17) is 4.52 Å². The van der Waals surface area contributed by atoms with Crippen LogP contribution in [-0.4, -0.2) is 16.1 Å². The molecule has 0 fully saturated rings.